The third kappa shape index (κ3) is 3.77. The summed E-state index contributed by atoms with van der Waals surface area (Å²) in [4.78, 5) is 35.4. The number of ether oxygens (including phenoxy) is 2. The second-order valence-corrected chi connectivity index (χ2v) is 6.01. The van der Waals surface area contributed by atoms with Gasteiger partial charge < -0.3 is 13.9 Å². The molecule has 0 saturated carbocycles. The van der Waals surface area contributed by atoms with Crippen LogP contribution in [-0.4, -0.2) is 18.5 Å². The second-order valence-electron chi connectivity index (χ2n) is 6.01. The number of esters is 2. The molecule has 23 heavy (non-hydrogen) atoms. The summed E-state index contributed by atoms with van der Waals surface area (Å²) in [6, 6.07) is 6.01. The monoisotopic (exact) mass is 318 g/mol. The predicted octanol–water partition coefficient (Wildman–Crippen LogP) is 2.92. The highest BCUT2D eigenvalue weighted by atomic mass is 16.5. The third-order valence-corrected chi connectivity index (χ3v) is 3.03. The van der Waals surface area contributed by atoms with Crippen molar-refractivity contribution in [3.05, 3.63) is 40.2 Å². The van der Waals surface area contributed by atoms with Gasteiger partial charge in [0.2, 0.25) is 0 Å². The zero-order valence-electron chi connectivity index (χ0n) is 13.5. The van der Waals surface area contributed by atoms with Gasteiger partial charge in [-0.3, -0.25) is 4.79 Å². The minimum absolute atomic E-state index is 0.165. The number of rotatable bonds is 3. The summed E-state index contributed by atoms with van der Waals surface area (Å²) in [5.41, 5.74) is -1.39. The van der Waals surface area contributed by atoms with E-state index in [-0.39, 0.29) is 23.5 Å². The van der Waals surface area contributed by atoms with Crippen LogP contribution in [0.2, 0.25) is 0 Å². The third-order valence-electron chi connectivity index (χ3n) is 3.03. The molecule has 0 radical (unpaired) electrons. The van der Waals surface area contributed by atoms with Crippen LogP contribution in [0.5, 0.6) is 5.75 Å². The standard InChI is InChI=1S/C17H18O6/c1-5-21-14(18)12-8-10-6-7-11(9-13(10)23-15(12)19)22-16(20)17(2,3)4/h6-9H,5H2,1-4H3. The van der Waals surface area contributed by atoms with Gasteiger partial charge in [0.25, 0.3) is 0 Å². The Bertz CT molecular complexity index is 810. The SMILES string of the molecule is CCOC(=O)c1cc2ccc(OC(=O)C(C)(C)C)cc2oc1=O. The molecule has 0 unspecified atom stereocenters. The van der Waals surface area contributed by atoms with E-state index in [1.165, 1.54) is 12.1 Å². The Morgan fingerprint density at radius 1 is 1.17 bits per heavy atom. The second kappa shape index (κ2) is 6.24. The molecule has 122 valence electrons. The van der Waals surface area contributed by atoms with E-state index in [2.05, 4.69) is 0 Å². The van der Waals surface area contributed by atoms with E-state index >= 15 is 0 Å². The molecule has 0 bridgehead atoms. The molecule has 0 atom stereocenters. The van der Waals surface area contributed by atoms with Gasteiger partial charge in [0, 0.05) is 11.5 Å². The predicted molar refractivity (Wildman–Crippen MR) is 83.5 cm³/mol. The molecule has 0 N–H and O–H groups in total. The summed E-state index contributed by atoms with van der Waals surface area (Å²) in [6.07, 6.45) is 0. The van der Waals surface area contributed by atoms with Gasteiger partial charge in [-0.15, -0.1) is 0 Å². The Balaban J connectivity index is 2.38. The van der Waals surface area contributed by atoms with Gasteiger partial charge in [0.05, 0.1) is 12.0 Å². The summed E-state index contributed by atoms with van der Waals surface area (Å²) < 4.78 is 15.2. The van der Waals surface area contributed by atoms with Crippen LogP contribution in [0.1, 0.15) is 38.1 Å². The maximum Gasteiger partial charge on any atom is 0.351 e. The molecule has 0 amide bonds. The molecule has 0 spiro atoms. The summed E-state index contributed by atoms with van der Waals surface area (Å²) in [5.74, 6) is -0.863. The first-order valence-corrected chi connectivity index (χ1v) is 7.19. The van der Waals surface area contributed by atoms with Gasteiger partial charge in [-0.25, -0.2) is 9.59 Å². The lowest BCUT2D eigenvalue weighted by Crippen LogP contribution is -2.25. The molecule has 1 heterocycles. The summed E-state index contributed by atoms with van der Waals surface area (Å²) >= 11 is 0. The molecule has 0 aliphatic carbocycles. The molecule has 1 aromatic heterocycles. The quantitative estimate of drug-likeness (QED) is 0.491. The molecule has 2 aromatic rings. The van der Waals surface area contributed by atoms with Gasteiger partial charge in [-0.05, 0) is 45.9 Å². The lowest BCUT2D eigenvalue weighted by atomic mass is 9.97. The zero-order valence-corrected chi connectivity index (χ0v) is 13.5. The molecular formula is C17H18O6. The Morgan fingerprint density at radius 3 is 2.48 bits per heavy atom. The molecule has 6 nitrogen and oxygen atoms in total. The summed E-state index contributed by atoms with van der Waals surface area (Å²) in [7, 11) is 0. The van der Waals surface area contributed by atoms with Crippen LogP contribution in [-0.2, 0) is 9.53 Å². The lowest BCUT2D eigenvalue weighted by molar-refractivity contribution is -0.142. The fourth-order valence-corrected chi connectivity index (χ4v) is 1.77. The largest absolute Gasteiger partial charge is 0.462 e. The zero-order chi connectivity index (χ0) is 17.2. The van der Waals surface area contributed by atoms with Crippen LogP contribution in [0.25, 0.3) is 11.0 Å². The van der Waals surface area contributed by atoms with Crippen LogP contribution in [0, 0.1) is 5.41 Å². The molecule has 0 aliphatic heterocycles. The maximum atomic E-state index is 11.9. The number of hydrogen-bond donors (Lipinski definition) is 0. The van der Waals surface area contributed by atoms with E-state index in [4.69, 9.17) is 13.9 Å². The molecule has 0 saturated heterocycles. The molecule has 0 fully saturated rings. The Labute approximate surface area is 133 Å². The topological polar surface area (TPSA) is 82.8 Å². The normalized spacial score (nSPS) is 11.3. The number of fused-ring (bicyclic) bond motifs is 1. The van der Waals surface area contributed by atoms with Crippen molar-refractivity contribution in [2.75, 3.05) is 6.61 Å². The van der Waals surface area contributed by atoms with Crippen LogP contribution < -0.4 is 10.4 Å². The average molecular weight is 318 g/mol. The van der Waals surface area contributed by atoms with Crippen molar-refractivity contribution in [2.24, 2.45) is 5.41 Å². The summed E-state index contributed by atoms with van der Waals surface area (Å²) in [5, 5.41) is 0.531. The Hall–Kier alpha value is -2.63. The van der Waals surface area contributed by atoms with Gasteiger partial charge in [0.1, 0.15) is 16.9 Å². The molecule has 0 aliphatic rings. The number of carbonyl (C=O) groups is 2. The number of hydrogen-bond acceptors (Lipinski definition) is 6. The van der Waals surface area contributed by atoms with Crippen molar-refractivity contribution >= 4 is 22.9 Å². The highest BCUT2D eigenvalue weighted by Gasteiger charge is 2.24. The number of carbonyl (C=O) groups excluding carboxylic acids is 2. The minimum atomic E-state index is -0.796. The van der Waals surface area contributed by atoms with Crippen molar-refractivity contribution in [3.63, 3.8) is 0 Å². The number of benzene rings is 1. The van der Waals surface area contributed by atoms with E-state index in [1.807, 2.05) is 0 Å². The van der Waals surface area contributed by atoms with Crippen LogP contribution in [0.4, 0.5) is 0 Å². The molecule has 1 aromatic carbocycles. The van der Waals surface area contributed by atoms with E-state index in [1.54, 1.807) is 39.8 Å². The van der Waals surface area contributed by atoms with Crippen molar-refractivity contribution in [1.29, 1.82) is 0 Å². The van der Waals surface area contributed by atoms with Crippen molar-refractivity contribution in [2.45, 2.75) is 27.7 Å². The Kier molecular flexibility index (Phi) is 4.54. The highest BCUT2D eigenvalue weighted by Crippen LogP contribution is 2.23. The first-order valence-electron chi connectivity index (χ1n) is 7.19. The Morgan fingerprint density at radius 2 is 1.87 bits per heavy atom. The fourth-order valence-electron chi connectivity index (χ4n) is 1.77. The smallest absolute Gasteiger partial charge is 0.351 e. The van der Waals surface area contributed by atoms with Crippen molar-refractivity contribution < 1.29 is 23.5 Å². The maximum absolute atomic E-state index is 11.9. The van der Waals surface area contributed by atoms with Gasteiger partial charge >= 0.3 is 17.6 Å². The minimum Gasteiger partial charge on any atom is -0.462 e. The average Bonchev–Trinajstić information content (AvgIpc) is 2.45. The van der Waals surface area contributed by atoms with E-state index < -0.39 is 23.0 Å². The highest BCUT2D eigenvalue weighted by molar-refractivity contribution is 5.93. The van der Waals surface area contributed by atoms with E-state index in [0.29, 0.717) is 5.39 Å². The molecular weight excluding hydrogens is 300 g/mol. The first kappa shape index (κ1) is 16.7. The molecule has 6 heteroatoms. The lowest BCUT2D eigenvalue weighted by Gasteiger charge is -2.16. The van der Waals surface area contributed by atoms with Crippen molar-refractivity contribution in [3.8, 4) is 5.75 Å². The van der Waals surface area contributed by atoms with E-state index in [9.17, 15) is 14.4 Å². The van der Waals surface area contributed by atoms with Crippen molar-refractivity contribution in [1.82, 2.24) is 0 Å². The van der Waals surface area contributed by atoms with Crippen LogP contribution in [0.15, 0.2) is 33.5 Å². The van der Waals surface area contributed by atoms with Gasteiger partial charge in [-0.1, -0.05) is 0 Å². The van der Waals surface area contributed by atoms with Gasteiger partial charge in [0.15, 0.2) is 0 Å². The van der Waals surface area contributed by atoms with Crippen LogP contribution in [0.3, 0.4) is 0 Å². The molecule has 2 rings (SSSR count). The fraction of sp³-hybridized carbons (Fsp3) is 0.353. The van der Waals surface area contributed by atoms with Gasteiger partial charge in [-0.2, -0.15) is 0 Å². The van der Waals surface area contributed by atoms with E-state index in [0.717, 1.165) is 0 Å². The van der Waals surface area contributed by atoms with Crippen LogP contribution >= 0.6 is 0 Å². The summed E-state index contributed by atoms with van der Waals surface area (Å²) in [6.45, 7) is 7.03. The first-order chi connectivity index (χ1) is 10.7.